The van der Waals surface area contributed by atoms with Crippen LogP contribution in [0.5, 0.6) is 0 Å². The largest absolute Gasteiger partial charge is 0.343 e. The highest BCUT2D eigenvalue weighted by atomic mass is 16.1. The Labute approximate surface area is 162 Å². The second kappa shape index (κ2) is 8.30. The molecule has 0 aliphatic heterocycles. The van der Waals surface area contributed by atoms with Crippen molar-refractivity contribution in [1.29, 1.82) is 0 Å². The van der Waals surface area contributed by atoms with Crippen LogP contribution in [-0.2, 0) is 13.1 Å². The molecule has 140 valence electrons. The lowest BCUT2D eigenvalue weighted by Gasteiger charge is -2.19. The van der Waals surface area contributed by atoms with E-state index in [-0.39, 0.29) is 11.9 Å². The maximum absolute atomic E-state index is 12.8. The van der Waals surface area contributed by atoms with Gasteiger partial charge in [-0.25, -0.2) is 4.98 Å². The number of hydrogen-bond acceptors (Lipinski definition) is 4. The summed E-state index contributed by atoms with van der Waals surface area (Å²) >= 11 is 0. The van der Waals surface area contributed by atoms with Crippen LogP contribution in [0.25, 0.3) is 0 Å². The molecule has 0 saturated carbocycles. The molecule has 0 spiro atoms. The fourth-order valence-electron chi connectivity index (χ4n) is 3.01. The summed E-state index contributed by atoms with van der Waals surface area (Å²) in [6, 6.07) is 17.2. The third kappa shape index (κ3) is 4.32. The van der Waals surface area contributed by atoms with Crippen LogP contribution in [0, 0.1) is 0 Å². The van der Waals surface area contributed by atoms with Gasteiger partial charge in [0.1, 0.15) is 0 Å². The number of benzene rings is 2. The molecule has 0 aliphatic carbocycles. The average molecular weight is 372 g/mol. The van der Waals surface area contributed by atoms with Crippen LogP contribution in [0.3, 0.4) is 0 Å². The van der Waals surface area contributed by atoms with Crippen LogP contribution in [0.2, 0.25) is 0 Å². The molecule has 2 aromatic carbocycles. The number of carbonyl (C=O) groups excluding carboxylic acids is 1. The highest BCUT2D eigenvalue weighted by Crippen LogP contribution is 2.16. The van der Waals surface area contributed by atoms with Gasteiger partial charge in [-0.3, -0.25) is 4.79 Å². The first-order chi connectivity index (χ1) is 13.8. The highest BCUT2D eigenvalue weighted by molar-refractivity contribution is 5.94. The molecule has 0 aliphatic rings. The Balaban J connectivity index is 1.47. The summed E-state index contributed by atoms with van der Waals surface area (Å²) in [6.07, 6.45) is 8.69. The number of nitrogens with zero attached hydrogens (tertiary/aromatic N) is 5. The van der Waals surface area contributed by atoms with E-state index in [1.165, 1.54) is 0 Å². The molecule has 4 aromatic rings. The Bertz CT molecular complexity index is 995. The summed E-state index contributed by atoms with van der Waals surface area (Å²) in [4.78, 5) is 18.4. The first kappa shape index (κ1) is 17.7. The van der Waals surface area contributed by atoms with Crippen LogP contribution in [-0.4, -0.2) is 30.5 Å². The fraction of sp³-hybridized carbons (Fsp3) is 0.143. The number of hydrogen-bond donors (Lipinski definition) is 1. The second-order valence-electron chi connectivity index (χ2n) is 6.45. The van der Waals surface area contributed by atoms with Gasteiger partial charge in [0.15, 0.2) is 0 Å². The van der Waals surface area contributed by atoms with Crippen molar-refractivity contribution in [3.8, 4) is 0 Å². The van der Waals surface area contributed by atoms with E-state index in [0.29, 0.717) is 12.1 Å². The van der Waals surface area contributed by atoms with Gasteiger partial charge in [-0.1, -0.05) is 42.5 Å². The molecule has 1 amide bonds. The molecule has 0 radical (unpaired) electrons. The van der Waals surface area contributed by atoms with E-state index in [4.69, 9.17) is 0 Å². The molecule has 1 atom stereocenters. The zero-order valence-electron chi connectivity index (χ0n) is 15.2. The molecule has 28 heavy (non-hydrogen) atoms. The zero-order chi connectivity index (χ0) is 19.2. The van der Waals surface area contributed by atoms with E-state index in [1.807, 2.05) is 65.4 Å². The van der Waals surface area contributed by atoms with Gasteiger partial charge in [0, 0.05) is 24.5 Å². The number of rotatable bonds is 7. The molecule has 2 aromatic heterocycles. The minimum Gasteiger partial charge on any atom is -0.343 e. The average Bonchev–Trinajstić information content (AvgIpc) is 3.43. The van der Waals surface area contributed by atoms with Crippen LogP contribution >= 0.6 is 0 Å². The predicted octanol–water partition coefficient (Wildman–Crippen LogP) is 2.69. The summed E-state index contributed by atoms with van der Waals surface area (Å²) in [5.41, 5.74) is 2.73. The van der Waals surface area contributed by atoms with Gasteiger partial charge >= 0.3 is 0 Å². The van der Waals surface area contributed by atoms with Gasteiger partial charge in [-0.05, 0) is 23.3 Å². The van der Waals surface area contributed by atoms with E-state index in [9.17, 15) is 4.79 Å². The van der Waals surface area contributed by atoms with E-state index in [1.54, 1.807) is 29.7 Å². The maximum atomic E-state index is 12.8. The van der Waals surface area contributed by atoms with Crippen molar-refractivity contribution < 1.29 is 4.79 Å². The summed E-state index contributed by atoms with van der Waals surface area (Å²) in [6.45, 7) is 1.18. The Morgan fingerprint density at radius 3 is 2.39 bits per heavy atom. The molecule has 1 N–H and O–H groups in total. The number of aromatic nitrogens is 5. The fourth-order valence-corrected chi connectivity index (χ4v) is 3.01. The maximum Gasteiger partial charge on any atom is 0.251 e. The zero-order valence-corrected chi connectivity index (χ0v) is 15.2. The molecule has 7 nitrogen and oxygen atoms in total. The SMILES string of the molecule is O=C(NC(Cn1nccn1)c1ccccc1)c1ccc(Cn2ccnc2)cc1. The van der Waals surface area contributed by atoms with Crippen molar-refractivity contribution in [3.63, 3.8) is 0 Å². The van der Waals surface area contributed by atoms with Crippen LogP contribution in [0.4, 0.5) is 0 Å². The minimum atomic E-state index is -0.230. The number of amides is 1. The van der Waals surface area contributed by atoms with Gasteiger partial charge < -0.3 is 9.88 Å². The van der Waals surface area contributed by atoms with E-state index in [0.717, 1.165) is 17.7 Å². The lowest BCUT2D eigenvalue weighted by molar-refractivity contribution is 0.0930. The van der Waals surface area contributed by atoms with Gasteiger partial charge in [-0.2, -0.15) is 15.0 Å². The third-order valence-electron chi connectivity index (χ3n) is 4.46. The number of imidazole rings is 1. The Kier molecular flexibility index (Phi) is 5.24. The Hall–Kier alpha value is -3.74. The highest BCUT2D eigenvalue weighted by Gasteiger charge is 2.17. The Morgan fingerprint density at radius 1 is 0.964 bits per heavy atom. The smallest absolute Gasteiger partial charge is 0.251 e. The van der Waals surface area contributed by atoms with Crippen molar-refractivity contribution in [2.24, 2.45) is 0 Å². The van der Waals surface area contributed by atoms with Gasteiger partial charge in [-0.15, -0.1) is 0 Å². The van der Waals surface area contributed by atoms with Gasteiger partial charge in [0.25, 0.3) is 5.91 Å². The lowest BCUT2D eigenvalue weighted by Crippen LogP contribution is -2.32. The van der Waals surface area contributed by atoms with E-state index >= 15 is 0 Å². The Morgan fingerprint density at radius 2 is 1.71 bits per heavy atom. The first-order valence-electron chi connectivity index (χ1n) is 9.02. The van der Waals surface area contributed by atoms with E-state index in [2.05, 4.69) is 20.5 Å². The third-order valence-corrected chi connectivity index (χ3v) is 4.46. The van der Waals surface area contributed by atoms with Crippen molar-refractivity contribution in [3.05, 3.63) is 102 Å². The van der Waals surface area contributed by atoms with E-state index < -0.39 is 0 Å². The van der Waals surface area contributed by atoms with Gasteiger partial charge in [0.05, 0.1) is 31.3 Å². The molecular weight excluding hydrogens is 352 g/mol. The summed E-state index contributed by atoms with van der Waals surface area (Å²) < 4.78 is 1.98. The molecular formula is C21H20N6O. The molecule has 0 saturated heterocycles. The van der Waals surface area contributed by atoms with Crippen molar-refractivity contribution >= 4 is 5.91 Å². The molecule has 7 heteroatoms. The minimum absolute atomic E-state index is 0.129. The molecule has 2 heterocycles. The second-order valence-corrected chi connectivity index (χ2v) is 6.45. The van der Waals surface area contributed by atoms with Crippen molar-refractivity contribution in [2.75, 3.05) is 0 Å². The molecule has 0 fully saturated rings. The monoisotopic (exact) mass is 372 g/mol. The predicted molar refractivity (Wildman–Crippen MR) is 104 cm³/mol. The van der Waals surface area contributed by atoms with Crippen molar-refractivity contribution in [1.82, 2.24) is 29.9 Å². The molecule has 4 rings (SSSR count). The van der Waals surface area contributed by atoms with Crippen molar-refractivity contribution in [2.45, 2.75) is 19.1 Å². The lowest BCUT2D eigenvalue weighted by atomic mass is 10.1. The van der Waals surface area contributed by atoms with Crippen LogP contribution in [0.1, 0.15) is 27.5 Å². The number of carbonyl (C=O) groups is 1. The van der Waals surface area contributed by atoms with Crippen LogP contribution < -0.4 is 5.32 Å². The van der Waals surface area contributed by atoms with Gasteiger partial charge in [0.2, 0.25) is 0 Å². The van der Waals surface area contributed by atoms with Crippen LogP contribution in [0.15, 0.2) is 85.7 Å². The summed E-state index contributed by atoms with van der Waals surface area (Å²) in [7, 11) is 0. The normalized spacial score (nSPS) is 11.9. The standard InChI is InChI=1S/C21H20N6O/c28-21(19-8-6-17(7-9-19)14-26-13-12-22-16-26)25-20(15-27-23-10-11-24-27)18-4-2-1-3-5-18/h1-13,16,20H,14-15H2,(H,25,28). The summed E-state index contributed by atoms with van der Waals surface area (Å²) in [5, 5.41) is 11.4. The first-order valence-corrected chi connectivity index (χ1v) is 9.02. The quantitative estimate of drug-likeness (QED) is 0.541. The molecule has 1 unspecified atom stereocenters. The summed E-state index contributed by atoms with van der Waals surface area (Å²) in [5.74, 6) is -0.129. The molecule has 0 bridgehead atoms. The number of nitrogens with one attached hydrogen (secondary N) is 1. The topological polar surface area (TPSA) is 77.6 Å².